The van der Waals surface area contributed by atoms with Crippen LogP contribution < -0.4 is 0 Å². The Morgan fingerprint density at radius 3 is 2.42 bits per heavy atom. The predicted molar refractivity (Wildman–Crippen MR) is 50.2 cm³/mol. The fourth-order valence-corrected chi connectivity index (χ4v) is 1.68. The zero-order chi connectivity index (χ0) is 9.19. The highest BCUT2D eigenvalue weighted by molar-refractivity contribution is 5.28. The highest BCUT2D eigenvalue weighted by atomic mass is 19.1. The van der Waals surface area contributed by atoms with Crippen molar-refractivity contribution in [2.24, 2.45) is 10.9 Å². The van der Waals surface area contributed by atoms with E-state index >= 15 is 0 Å². The molecule has 0 N–H and O–H groups in total. The Morgan fingerprint density at radius 1 is 1.50 bits per heavy atom. The Labute approximate surface area is 73.4 Å². The largest absolute Gasteiger partial charge is 0.269 e. The molecule has 0 radical (unpaired) electrons. The molecule has 0 atom stereocenters. The third kappa shape index (κ3) is 2.16. The second kappa shape index (κ2) is 3.38. The van der Waals surface area contributed by atoms with Gasteiger partial charge < -0.3 is 0 Å². The van der Waals surface area contributed by atoms with Crippen molar-refractivity contribution >= 4 is 6.72 Å². The summed E-state index contributed by atoms with van der Waals surface area (Å²) in [6.07, 6.45) is 2.99. The molecule has 2 heteroatoms. The Kier molecular flexibility index (Phi) is 2.65. The van der Waals surface area contributed by atoms with Gasteiger partial charge in [-0.1, -0.05) is 6.58 Å². The average molecular weight is 169 g/mol. The molecule has 1 aliphatic rings. The summed E-state index contributed by atoms with van der Waals surface area (Å²) in [6, 6.07) is 0. The zero-order valence-corrected chi connectivity index (χ0v) is 7.65. The molecule has 0 bridgehead atoms. The SMILES string of the molecule is C=NC(=C)C1CCC(C)(F)CC1. The second-order valence-corrected chi connectivity index (χ2v) is 3.84. The topological polar surface area (TPSA) is 12.4 Å². The first kappa shape index (κ1) is 9.43. The molecule has 1 saturated carbocycles. The molecule has 1 nitrogen and oxygen atoms in total. The van der Waals surface area contributed by atoms with E-state index in [2.05, 4.69) is 18.3 Å². The number of allylic oxidation sites excluding steroid dienone is 1. The van der Waals surface area contributed by atoms with Gasteiger partial charge in [0.25, 0.3) is 0 Å². The van der Waals surface area contributed by atoms with Gasteiger partial charge in [-0.05, 0) is 39.3 Å². The minimum atomic E-state index is -0.960. The number of nitrogens with zero attached hydrogens (tertiary/aromatic N) is 1. The molecule has 0 heterocycles. The third-order valence-corrected chi connectivity index (χ3v) is 2.70. The van der Waals surface area contributed by atoms with Crippen molar-refractivity contribution in [3.05, 3.63) is 12.3 Å². The average Bonchev–Trinajstić information content (AvgIpc) is 2.03. The summed E-state index contributed by atoms with van der Waals surface area (Å²) in [5.41, 5.74) is -0.136. The highest BCUT2D eigenvalue weighted by Gasteiger charge is 2.31. The minimum absolute atomic E-state index is 0.367. The van der Waals surface area contributed by atoms with Crippen LogP contribution in [0, 0.1) is 5.92 Å². The molecule has 68 valence electrons. The van der Waals surface area contributed by atoms with Crippen LogP contribution >= 0.6 is 0 Å². The Morgan fingerprint density at radius 2 is 2.00 bits per heavy atom. The first-order valence-electron chi connectivity index (χ1n) is 4.39. The van der Waals surface area contributed by atoms with Crippen molar-refractivity contribution < 1.29 is 4.39 Å². The Hall–Kier alpha value is -0.660. The quantitative estimate of drug-likeness (QED) is 0.563. The van der Waals surface area contributed by atoms with Crippen molar-refractivity contribution in [3.8, 4) is 0 Å². The van der Waals surface area contributed by atoms with Crippen LogP contribution in [-0.4, -0.2) is 12.4 Å². The molecule has 1 fully saturated rings. The number of alkyl halides is 1. The lowest BCUT2D eigenvalue weighted by Crippen LogP contribution is -2.26. The van der Waals surface area contributed by atoms with Gasteiger partial charge in [-0.3, -0.25) is 4.99 Å². The van der Waals surface area contributed by atoms with Crippen molar-refractivity contribution in [1.29, 1.82) is 0 Å². The molecule has 1 aliphatic carbocycles. The standard InChI is InChI=1S/C10H16FN/c1-8(12-3)9-4-6-10(2,11)7-5-9/h9H,1,3-7H2,2H3. The van der Waals surface area contributed by atoms with Gasteiger partial charge >= 0.3 is 0 Å². The monoisotopic (exact) mass is 169 g/mol. The van der Waals surface area contributed by atoms with Crippen molar-refractivity contribution in [3.63, 3.8) is 0 Å². The molecule has 1 rings (SSSR count). The summed E-state index contributed by atoms with van der Waals surface area (Å²) in [4.78, 5) is 3.79. The van der Waals surface area contributed by atoms with E-state index in [9.17, 15) is 4.39 Å². The number of hydrogen-bond acceptors (Lipinski definition) is 1. The summed E-state index contributed by atoms with van der Waals surface area (Å²) in [7, 11) is 0. The molecule has 0 saturated heterocycles. The van der Waals surface area contributed by atoms with Gasteiger partial charge in [0.05, 0.1) is 0 Å². The molecule has 0 aliphatic heterocycles. The molecule has 0 aromatic carbocycles. The highest BCUT2D eigenvalue weighted by Crippen LogP contribution is 2.37. The van der Waals surface area contributed by atoms with Gasteiger partial charge in [-0.2, -0.15) is 0 Å². The third-order valence-electron chi connectivity index (χ3n) is 2.70. The second-order valence-electron chi connectivity index (χ2n) is 3.84. The van der Waals surface area contributed by atoms with E-state index in [0.717, 1.165) is 18.5 Å². The molecule has 0 aromatic heterocycles. The van der Waals surface area contributed by atoms with Crippen molar-refractivity contribution in [2.45, 2.75) is 38.3 Å². The van der Waals surface area contributed by atoms with E-state index in [4.69, 9.17) is 0 Å². The normalized spacial score (nSPS) is 36.0. The summed E-state index contributed by atoms with van der Waals surface area (Å²) in [5, 5.41) is 0. The smallest absolute Gasteiger partial charge is 0.108 e. The van der Waals surface area contributed by atoms with Gasteiger partial charge in [-0.25, -0.2) is 4.39 Å². The minimum Gasteiger partial charge on any atom is -0.269 e. The van der Waals surface area contributed by atoms with Crippen LogP contribution in [0.3, 0.4) is 0 Å². The molecule has 0 aromatic rings. The van der Waals surface area contributed by atoms with Crippen LogP contribution in [0.5, 0.6) is 0 Å². The summed E-state index contributed by atoms with van der Waals surface area (Å²) >= 11 is 0. The van der Waals surface area contributed by atoms with Gasteiger partial charge in [-0.15, -0.1) is 0 Å². The Bertz CT molecular complexity index is 186. The van der Waals surface area contributed by atoms with Crippen LogP contribution in [0.2, 0.25) is 0 Å². The van der Waals surface area contributed by atoms with E-state index < -0.39 is 5.67 Å². The van der Waals surface area contributed by atoms with Crippen LogP contribution in [0.4, 0.5) is 4.39 Å². The number of aliphatic imine (C=N–C) groups is 1. The van der Waals surface area contributed by atoms with Crippen LogP contribution in [-0.2, 0) is 0 Å². The molecular weight excluding hydrogens is 153 g/mol. The summed E-state index contributed by atoms with van der Waals surface area (Å²) in [5.74, 6) is 0.367. The number of hydrogen-bond donors (Lipinski definition) is 0. The van der Waals surface area contributed by atoms with E-state index in [-0.39, 0.29) is 0 Å². The fraction of sp³-hybridized carbons (Fsp3) is 0.700. The number of halogens is 1. The van der Waals surface area contributed by atoms with Crippen molar-refractivity contribution in [2.75, 3.05) is 0 Å². The number of rotatable bonds is 2. The molecule has 0 unspecified atom stereocenters. The van der Waals surface area contributed by atoms with Crippen LogP contribution in [0.25, 0.3) is 0 Å². The fourth-order valence-electron chi connectivity index (χ4n) is 1.68. The lowest BCUT2D eigenvalue weighted by atomic mass is 9.80. The maximum absolute atomic E-state index is 13.3. The van der Waals surface area contributed by atoms with E-state index in [0.29, 0.717) is 18.8 Å². The Balaban J connectivity index is 2.46. The van der Waals surface area contributed by atoms with Crippen molar-refractivity contribution in [1.82, 2.24) is 0 Å². The van der Waals surface area contributed by atoms with Crippen LogP contribution in [0.1, 0.15) is 32.6 Å². The van der Waals surface area contributed by atoms with E-state index in [1.807, 2.05) is 0 Å². The van der Waals surface area contributed by atoms with E-state index in [1.165, 1.54) is 0 Å². The zero-order valence-electron chi connectivity index (χ0n) is 7.65. The maximum atomic E-state index is 13.3. The first-order chi connectivity index (χ1) is 5.55. The lowest BCUT2D eigenvalue weighted by molar-refractivity contribution is 0.112. The summed E-state index contributed by atoms with van der Waals surface area (Å²) in [6.45, 7) is 8.90. The van der Waals surface area contributed by atoms with Gasteiger partial charge in [0.15, 0.2) is 0 Å². The predicted octanol–water partition coefficient (Wildman–Crippen LogP) is 3.12. The molecule has 0 amide bonds. The molecule has 0 spiro atoms. The summed E-state index contributed by atoms with van der Waals surface area (Å²) < 4.78 is 13.3. The van der Waals surface area contributed by atoms with Gasteiger partial charge in [0.2, 0.25) is 0 Å². The maximum Gasteiger partial charge on any atom is 0.108 e. The molecular formula is C10H16FN. The molecule has 12 heavy (non-hydrogen) atoms. The first-order valence-corrected chi connectivity index (χ1v) is 4.39. The van der Waals surface area contributed by atoms with Crippen LogP contribution in [0.15, 0.2) is 17.3 Å². The van der Waals surface area contributed by atoms with Gasteiger partial charge in [0, 0.05) is 11.6 Å². The van der Waals surface area contributed by atoms with E-state index in [1.54, 1.807) is 6.92 Å². The lowest BCUT2D eigenvalue weighted by Gasteiger charge is -2.30. The van der Waals surface area contributed by atoms with Gasteiger partial charge in [0.1, 0.15) is 5.67 Å².